The van der Waals surface area contributed by atoms with E-state index < -0.39 is 5.91 Å². The van der Waals surface area contributed by atoms with Crippen LogP contribution in [0.3, 0.4) is 0 Å². The predicted molar refractivity (Wildman–Crippen MR) is 107 cm³/mol. The Kier molecular flexibility index (Phi) is 6.17. The van der Waals surface area contributed by atoms with Gasteiger partial charge in [-0.2, -0.15) is 4.98 Å². The molecule has 0 saturated carbocycles. The maximum absolute atomic E-state index is 11.8. The van der Waals surface area contributed by atoms with Gasteiger partial charge in [0.2, 0.25) is 5.88 Å². The molecule has 0 radical (unpaired) electrons. The summed E-state index contributed by atoms with van der Waals surface area (Å²) in [5, 5.41) is 18.9. The smallest absolute Gasteiger partial charge is 0.276 e. The number of aryl methyl sites for hydroxylation is 1. The van der Waals surface area contributed by atoms with Crippen LogP contribution in [0.1, 0.15) is 21.5 Å². The lowest BCUT2D eigenvalue weighted by atomic mass is 9.45. The summed E-state index contributed by atoms with van der Waals surface area (Å²) in [6.07, 6.45) is 1.72. The molecule has 3 rings (SSSR count). The number of carbonyl (C=O) groups is 1. The number of pyridine rings is 1. The van der Waals surface area contributed by atoms with E-state index in [1.165, 1.54) is 7.05 Å². The second kappa shape index (κ2) is 8.76. The summed E-state index contributed by atoms with van der Waals surface area (Å²) in [4.78, 5) is 18.6. The minimum Gasteiger partial charge on any atom is -0.473 e. The predicted octanol–water partition coefficient (Wildman–Crippen LogP) is 2.81. The summed E-state index contributed by atoms with van der Waals surface area (Å²) in [6, 6.07) is 10.9. The molecular weight excluding hydrogens is 355 g/mol. The average Bonchev–Trinajstić information content (AvgIpc) is 2.72. The second-order valence-corrected chi connectivity index (χ2v) is 6.98. The molecule has 1 aromatic carbocycles. The van der Waals surface area contributed by atoms with Gasteiger partial charge in [-0.25, -0.2) is 10.3 Å². The number of nitrogens with zero attached hydrogens (tertiary/aromatic N) is 4. The fourth-order valence-electron chi connectivity index (χ4n) is 3.23. The highest BCUT2D eigenvalue weighted by Gasteiger charge is 2.23. The van der Waals surface area contributed by atoms with Gasteiger partial charge >= 0.3 is 0 Å². The third-order valence-corrected chi connectivity index (χ3v) is 4.97. The Hall–Kier alpha value is -3.05. The van der Waals surface area contributed by atoms with Crippen molar-refractivity contribution < 1.29 is 14.7 Å². The van der Waals surface area contributed by atoms with Gasteiger partial charge in [0, 0.05) is 37.7 Å². The van der Waals surface area contributed by atoms with Crippen molar-refractivity contribution in [1.29, 1.82) is 5.26 Å². The average molecular weight is 378 g/mol. The molecule has 1 N–H and O–H groups in total. The second-order valence-electron chi connectivity index (χ2n) is 6.98. The van der Waals surface area contributed by atoms with Gasteiger partial charge in [0.1, 0.15) is 12.4 Å². The Balaban J connectivity index is 1.64. The van der Waals surface area contributed by atoms with Gasteiger partial charge in [-0.15, -0.1) is 0 Å². The fourth-order valence-corrected chi connectivity index (χ4v) is 3.23. The Morgan fingerprint density at radius 2 is 2.11 bits per heavy atom. The van der Waals surface area contributed by atoms with E-state index in [1.807, 2.05) is 31.2 Å². The topological polar surface area (TPSA) is 89.7 Å². The zero-order valence-electron chi connectivity index (χ0n) is 16.1. The van der Waals surface area contributed by atoms with Gasteiger partial charge in [0.05, 0.1) is 0 Å². The normalized spacial score (nSPS) is 13.8. The monoisotopic (exact) mass is 378 g/mol. The summed E-state index contributed by atoms with van der Waals surface area (Å²) in [7, 11) is 1.30. The first-order valence-electron chi connectivity index (χ1n) is 9.29. The molecule has 1 fully saturated rings. The zero-order valence-corrected chi connectivity index (χ0v) is 16.1. The lowest BCUT2D eigenvalue weighted by Gasteiger charge is -2.29. The largest absolute Gasteiger partial charge is 0.473 e. The van der Waals surface area contributed by atoms with Gasteiger partial charge in [0.25, 0.3) is 12.6 Å². The Morgan fingerprint density at radius 3 is 2.75 bits per heavy atom. The van der Waals surface area contributed by atoms with Gasteiger partial charge < -0.3 is 9.64 Å². The lowest BCUT2D eigenvalue weighted by Crippen LogP contribution is -2.36. The molecule has 1 aliphatic rings. The summed E-state index contributed by atoms with van der Waals surface area (Å²) in [5.41, 5.74) is 2.27. The van der Waals surface area contributed by atoms with E-state index in [0.29, 0.717) is 23.1 Å². The van der Waals surface area contributed by atoms with Crippen LogP contribution in [0.5, 0.6) is 5.88 Å². The number of ether oxygens (including phenoxy) is 1. The Bertz CT molecular complexity index is 889. The molecule has 1 aliphatic heterocycles. The van der Waals surface area contributed by atoms with Crippen molar-refractivity contribution in [3.05, 3.63) is 53.1 Å². The minimum absolute atomic E-state index is 0.138. The van der Waals surface area contributed by atoms with Crippen LogP contribution in [0.15, 0.2) is 36.4 Å². The number of anilines is 1. The van der Waals surface area contributed by atoms with Gasteiger partial charge in [-0.1, -0.05) is 12.1 Å². The number of benzene rings is 1. The molecule has 7 nitrogen and oxygen atoms in total. The number of hydroxylamine groups is 2. The van der Waals surface area contributed by atoms with E-state index >= 15 is 0 Å². The Morgan fingerprint density at radius 1 is 1.36 bits per heavy atom. The molecule has 0 unspecified atom stereocenters. The molecule has 1 aromatic heterocycles. The first-order chi connectivity index (χ1) is 13.5. The molecule has 0 aliphatic carbocycles. The van der Waals surface area contributed by atoms with E-state index in [1.54, 1.807) is 12.1 Å². The van der Waals surface area contributed by atoms with Crippen LogP contribution in [0.2, 0.25) is 12.6 Å². The van der Waals surface area contributed by atoms with Crippen molar-refractivity contribution in [2.75, 3.05) is 25.0 Å². The Labute approximate surface area is 165 Å². The molecule has 144 valence electrons. The number of nitriles is 1. The lowest BCUT2D eigenvalue weighted by molar-refractivity contribution is -0.0375. The number of carbonyl (C=O) groups excluding carboxylic acids is 1. The van der Waals surface area contributed by atoms with Crippen molar-refractivity contribution in [3.8, 4) is 11.8 Å². The highest BCUT2D eigenvalue weighted by molar-refractivity contribution is 6.67. The number of amides is 1. The molecule has 2 heterocycles. The SMILES string of the molecule is Cc1cc(C(=O)N(C)O)ccc1COc1cccc(N2CCB(C#N)CC2)n1. The summed E-state index contributed by atoms with van der Waals surface area (Å²) >= 11 is 0. The number of hydrogen-bond acceptors (Lipinski definition) is 6. The van der Waals surface area contributed by atoms with E-state index in [9.17, 15) is 10.0 Å². The first kappa shape index (κ1) is 19.7. The summed E-state index contributed by atoms with van der Waals surface area (Å²) < 4.78 is 5.86. The van der Waals surface area contributed by atoms with E-state index in [4.69, 9.17) is 10.00 Å². The van der Waals surface area contributed by atoms with Crippen molar-refractivity contribution in [2.24, 2.45) is 0 Å². The van der Waals surface area contributed by atoms with Crippen LogP contribution >= 0.6 is 0 Å². The van der Waals surface area contributed by atoms with Crippen LogP contribution < -0.4 is 9.64 Å². The van der Waals surface area contributed by atoms with Crippen LogP contribution in [0, 0.1) is 18.2 Å². The fraction of sp³-hybridized carbons (Fsp3) is 0.350. The van der Waals surface area contributed by atoms with Crippen LogP contribution in [0.25, 0.3) is 0 Å². The molecule has 1 amide bonds. The quantitative estimate of drug-likeness (QED) is 0.489. The van der Waals surface area contributed by atoms with Crippen LogP contribution in [-0.2, 0) is 6.61 Å². The molecule has 0 atom stereocenters. The highest BCUT2D eigenvalue weighted by atomic mass is 16.5. The first-order valence-corrected chi connectivity index (χ1v) is 9.29. The van der Waals surface area contributed by atoms with E-state index in [0.717, 1.165) is 42.7 Å². The van der Waals surface area contributed by atoms with Gasteiger partial charge in [0.15, 0.2) is 0 Å². The van der Waals surface area contributed by atoms with E-state index in [-0.39, 0.29) is 6.71 Å². The third kappa shape index (κ3) is 4.62. The minimum atomic E-state index is -0.454. The summed E-state index contributed by atoms with van der Waals surface area (Å²) in [6.45, 7) is 4.02. The third-order valence-electron chi connectivity index (χ3n) is 4.97. The molecule has 1 saturated heterocycles. The maximum atomic E-state index is 11.8. The van der Waals surface area contributed by atoms with Gasteiger partial charge in [-0.3, -0.25) is 10.0 Å². The number of rotatable bonds is 5. The molecular formula is C20H23BN4O3. The van der Waals surface area contributed by atoms with Crippen molar-refractivity contribution in [3.63, 3.8) is 0 Å². The van der Waals surface area contributed by atoms with E-state index in [2.05, 4.69) is 15.9 Å². The molecule has 2 aromatic rings. The van der Waals surface area contributed by atoms with Crippen LogP contribution in [-0.4, -0.2) is 48.0 Å². The van der Waals surface area contributed by atoms with Crippen LogP contribution in [0.4, 0.5) is 5.82 Å². The zero-order chi connectivity index (χ0) is 20.1. The number of hydrogen-bond donors (Lipinski definition) is 1. The molecule has 0 spiro atoms. The highest BCUT2D eigenvalue weighted by Crippen LogP contribution is 2.22. The van der Waals surface area contributed by atoms with Crippen molar-refractivity contribution in [1.82, 2.24) is 10.0 Å². The van der Waals surface area contributed by atoms with Gasteiger partial charge in [-0.05, 0) is 48.9 Å². The van der Waals surface area contributed by atoms with Crippen molar-refractivity contribution in [2.45, 2.75) is 26.2 Å². The molecule has 8 heteroatoms. The standard InChI is InChI=1S/C20H23BN4O3/c1-15-12-16(20(26)24(2)27)6-7-17(15)13-28-19-5-3-4-18(23-19)25-10-8-21(14-22)9-11-25/h3-7,12,27H,8-11,13H2,1-2H3. The van der Waals surface area contributed by atoms with Crippen molar-refractivity contribution >= 4 is 18.4 Å². The molecule has 0 bridgehead atoms. The summed E-state index contributed by atoms with van der Waals surface area (Å²) in [5.74, 6) is 3.28. The number of aromatic nitrogens is 1. The molecule has 28 heavy (non-hydrogen) atoms. The maximum Gasteiger partial charge on any atom is 0.276 e.